The van der Waals surface area contributed by atoms with E-state index in [1.54, 1.807) is 7.05 Å². The van der Waals surface area contributed by atoms with Gasteiger partial charge in [0, 0.05) is 44.0 Å². The highest BCUT2D eigenvalue weighted by Gasteiger charge is 2.26. The first-order valence-electron chi connectivity index (χ1n) is 10.1. The Bertz CT molecular complexity index is 670. The van der Waals surface area contributed by atoms with Gasteiger partial charge >= 0.3 is 0 Å². The van der Waals surface area contributed by atoms with Crippen molar-refractivity contribution in [2.75, 3.05) is 32.4 Å². The Hall–Kier alpha value is -1.00. The van der Waals surface area contributed by atoms with Crippen LogP contribution in [-0.2, 0) is 11.3 Å². The van der Waals surface area contributed by atoms with E-state index in [4.69, 9.17) is 4.74 Å². The first-order valence-corrected chi connectivity index (χ1v) is 11.2. The molecule has 1 aromatic rings. The van der Waals surface area contributed by atoms with Gasteiger partial charge in [-0.3, -0.25) is 9.79 Å². The van der Waals surface area contributed by atoms with Crippen molar-refractivity contribution in [3.8, 4) is 0 Å². The summed E-state index contributed by atoms with van der Waals surface area (Å²) >= 11 is 2.04. The molecule has 0 radical (unpaired) electrons. The summed E-state index contributed by atoms with van der Waals surface area (Å²) < 4.78 is 5.72. The van der Waals surface area contributed by atoms with Gasteiger partial charge in [-0.2, -0.15) is 11.8 Å². The zero-order valence-corrected chi connectivity index (χ0v) is 20.7. The number of benzene rings is 1. The average Bonchev–Trinajstić information content (AvgIpc) is 3.21. The van der Waals surface area contributed by atoms with Crippen LogP contribution in [0.4, 0.5) is 0 Å². The first kappa shape index (κ1) is 24.3. The number of hydrogen-bond donors (Lipinski definition) is 2. The Labute approximate surface area is 195 Å². The van der Waals surface area contributed by atoms with Crippen LogP contribution in [-0.4, -0.2) is 66.7 Å². The Balaban J connectivity index is 0.00000300. The van der Waals surface area contributed by atoms with Gasteiger partial charge in [0.05, 0.1) is 12.2 Å². The number of aliphatic imine (C=N–C) groups is 1. The zero-order chi connectivity index (χ0) is 19.9. The van der Waals surface area contributed by atoms with Gasteiger partial charge < -0.3 is 20.3 Å². The van der Waals surface area contributed by atoms with Crippen LogP contribution in [0.1, 0.15) is 42.6 Å². The van der Waals surface area contributed by atoms with Gasteiger partial charge in [0.2, 0.25) is 0 Å². The predicted octanol–water partition coefficient (Wildman–Crippen LogP) is 3.11. The fourth-order valence-electron chi connectivity index (χ4n) is 3.71. The molecule has 2 fully saturated rings. The van der Waals surface area contributed by atoms with Crippen molar-refractivity contribution in [2.24, 2.45) is 4.99 Å². The van der Waals surface area contributed by atoms with Crippen LogP contribution >= 0.6 is 35.7 Å². The largest absolute Gasteiger partial charge is 0.372 e. The zero-order valence-electron chi connectivity index (χ0n) is 17.5. The maximum absolute atomic E-state index is 12.7. The Morgan fingerprint density at radius 3 is 2.48 bits per heavy atom. The number of morpholine rings is 1. The summed E-state index contributed by atoms with van der Waals surface area (Å²) in [6, 6.07) is 7.84. The number of hydrogen-bond acceptors (Lipinski definition) is 4. The van der Waals surface area contributed by atoms with Crippen LogP contribution in [0, 0.1) is 0 Å². The molecule has 1 aromatic carbocycles. The topological polar surface area (TPSA) is 66.0 Å². The Morgan fingerprint density at radius 2 is 1.90 bits per heavy atom. The lowest BCUT2D eigenvalue weighted by atomic mass is 10.1. The third kappa shape index (κ3) is 7.32. The van der Waals surface area contributed by atoms with Crippen molar-refractivity contribution < 1.29 is 9.53 Å². The van der Waals surface area contributed by atoms with Gasteiger partial charge in [-0.05, 0) is 50.1 Å². The van der Waals surface area contributed by atoms with Gasteiger partial charge in [-0.25, -0.2) is 0 Å². The monoisotopic (exact) mass is 532 g/mol. The van der Waals surface area contributed by atoms with Gasteiger partial charge in [0.25, 0.3) is 5.91 Å². The maximum atomic E-state index is 12.7. The molecule has 0 spiro atoms. The van der Waals surface area contributed by atoms with E-state index < -0.39 is 0 Å². The highest BCUT2D eigenvalue weighted by Crippen LogP contribution is 2.25. The molecule has 0 aromatic heterocycles. The van der Waals surface area contributed by atoms with E-state index in [9.17, 15) is 4.79 Å². The summed E-state index contributed by atoms with van der Waals surface area (Å²) in [5.74, 6) is 2.17. The number of amides is 1. The van der Waals surface area contributed by atoms with E-state index in [1.165, 1.54) is 18.6 Å². The molecule has 3 atom stereocenters. The second-order valence-electron chi connectivity index (χ2n) is 7.61. The molecule has 2 aliphatic rings. The van der Waals surface area contributed by atoms with Gasteiger partial charge in [-0.15, -0.1) is 24.0 Å². The van der Waals surface area contributed by atoms with Gasteiger partial charge in [0.1, 0.15) is 0 Å². The van der Waals surface area contributed by atoms with Crippen LogP contribution in [0.2, 0.25) is 0 Å². The number of thioether (sulfide) groups is 1. The van der Waals surface area contributed by atoms with Crippen molar-refractivity contribution in [1.82, 2.24) is 15.5 Å². The molecule has 2 N–H and O–H groups in total. The average molecular weight is 532 g/mol. The second-order valence-corrected chi connectivity index (χ2v) is 9.01. The van der Waals surface area contributed by atoms with E-state index in [-0.39, 0.29) is 42.1 Å². The highest BCUT2D eigenvalue weighted by atomic mass is 127. The minimum absolute atomic E-state index is 0. The van der Waals surface area contributed by atoms with Crippen LogP contribution in [0.5, 0.6) is 0 Å². The number of rotatable bonds is 5. The maximum Gasteiger partial charge on any atom is 0.254 e. The van der Waals surface area contributed by atoms with Crippen LogP contribution in [0.3, 0.4) is 0 Å². The van der Waals surface area contributed by atoms with Gasteiger partial charge in [-0.1, -0.05) is 12.1 Å². The molecule has 1 amide bonds. The third-order valence-electron chi connectivity index (χ3n) is 5.11. The van der Waals surface area contributed by atoms with Crippen molar-refractivity contribution in [1.29, 1.82) is 0 Å². The lowest BCUT2D eigenvalue weighted by molar-refractivity contribution is -0.0586. The summed E-state index contributed by atoms with van der Waals surface area (Å²) in [6.45, 7) is 6.95. The van der Waals surface area contributed by atoms with Crippen molar-refractivity contribution in [3.63, 3.8) is 0 Å². The molecular weight excluding hydrogens is 499 g/mol. The number of carbonyl (C=O) groups excluding carboxylic acids is 1. The number of nitrogens with zero attached hydrogens (tertiary/aromatic N) is 2. The fourth-order valence-corrected chi connectivity index (χ4v) is 4.91. The molecule has 3 rings (SSSR count). The molecule has 2 saturated heterocycles. The van der Waals surface area contributed by atoms with Gasteiger partial charge in [0.15, 0.2) is 5.96 Å². The second kappa shape index (κ2) is 12.0. The molecule has 6 nitrogen and oxygen atoms in total. The number of carbonyl (C=O) groups is 1. The number of nitrogens with one attached hydrogen (secondary N) is 2. The molecule has 2 aliphatic heterocycles. The quantitative estimate of drug-likeness (QED) is 0.347. The third-order valence-corrected chi connectivity index (χ3v) is 6.51. The Morgan fingerprint density at radius 1 is 1.21 bits per heavy atom. The lowest BCUT2D eigenvalue weighted by Gasteiger charge is -2.35. The number of guanidine groups is 1. The summed E-state index contributed by atoms with van der Waals surface area (Å²) in [5.41, 5.74) is 1.85. The Kier molecular flexibility index (Phi) is 10.0. The summed E-state index contributed by atoms with van der Waals surface area (Å²) in [4.78, 5) is 18.9. The molecular formula is C21H33IN4O2S. The molecule has 29 heavy (non-hydrogen) atoms. The molecule has 2 heterocycles. The standard InChI is InChI=1S/C21H32N4O2S.HI/c1-15-13-25(14-16(2)27-15)20(26)18-8-6-17(7-9-18)11-23-21(22-3)24-12-19-5-4-10-28-19;/h6-9,15-16,19H,4-5,10-14H2,1-3H3,(H2,22,23,24);1H. The molecule has 162 valence electrons. The number of ether oxygens (including phenoxy) is 1. The lowest BCUT2D eigenvalue weighted by Crippen LogP contribution is -2.48. The van der Waals surface area contributed by atoms with Crippen molar-refractivity contribution in [3.05, 3.63) is 35.4 Å². The molecule has 8 heteroatoms. The summed E-state index contributed by atoms with van der Waals surface area (Å²) in [6.07, 6.45) is 2.76. The normalized spacial score (nSPS) is 24.7. The molecule has 0 saturated carbocycles. The minimum atomic E-state index is 0. The SMILES string of the molecule is CN=C(NCc1ccc(C(=O)N2CC(C)OC(C)C2)cc1)NCC1CCCS1.I. The smallest absolute Gasteiger partial charge is 0.254 e. The van der Waals surface area contributed by atoms with Crippen molar-refractivity contribution >= 4 is 47.6 Å². The molecule has 0 aliphatic carbocycles. The first-order chi connectivity index (χ1) is 13.5. The highest BCUT2D eigenvalue weighted by molar-refractivity contribution is 14.0. The minimum Gasteiger partial charge on any atom is -0.372 e. The van der Waals surface area contributed by atoms with E-state index in [2.05, 4.69) is 15.6 Å². The number of halogens is 1. The fraction of sp³-hybridized carbons (Fsp3) is 0.619. The van der Waals surface area contributed by atoms with Crippen LogP contribution < -0.4 is 10.6 Å². The summed E-state index contributed by atoms with van der Waals surface area (Å²) in [7, 11) is 1.79. The molecule has 3 unspecified atom stereocenters. The van der Waals surface area contributed by atoms with E-state index in [1.807, 2.05) is 54.8 Å². The summed E-state index contributed by atoms with van der Waals surface area (Å²) in [5, 5.41) is 7.45. The van der Waals surface area contributed by atoms with E-state index in [0.29, 0.717) is 24.9 Å². The molecule has 0 bridgehead atoms. The van der Waals surface area contributed by atoms with Crippen LogP contribution in [0.25, 0.3) is 0 Å². The van der Waals surface area contributed by atoms with Crippen molar-refractivity contribution in [2.45, 2.75) is 50.7 Å². The van der Waals surface area contributed by atoms with E-state index in [0.717, 1.165) is 23.6 Å². The predicted molar refractivity (Wildman–Crippen MR) is 131 cm³/mol. The van der Waals surface area contributed by atoms with Crippen LogP contribution in [0.15, 0.2) is 29.3 Å². The van der Waals surface area contributed by atoms with E-state index >= 15 is 0 Å².